The highest BCUT2D eigenvalue weighted by atomic mass is 35.5. The van der Waals surface area contributed by atoms with Crippen LogP contribution in [0.4, 0.5) is 0 Å². The van der Waals surface area contributed by atoms with Crippen LogP contribution >= 0.6 is 34.8 Å². The molecule has 0 fully saturated rings. The van der Waals surface area contributed by atoms with Gasteiger partial charge in [0.1, 0.15) is 10.6 Å². The van der Waals surface area contributed by atoms with Crippen molar-refractivity contribution in [2.24, 2.45) is 11.8 Å². The Hall–Kier alpha value is -0.890. The van der Waals surface area contributed by atoms with E-state index in [1.807, 2.05) is 42.5 Å². The average Bonchev–Trinajstić information content (AvgIpc) is 2.62. The minimum Gasteiger partial charge on any atom is -0.494 e. The van der Waals surface area contributed by atoms with Gasteiger partial charge in [0.05, 0.1) is 6.61 Å². The first-order valence-electron chi connectivity index (χ1n) is 9.67. The van der Waals surface area contributed by atoms with Gasteiger partial charge in [-0.05, 0) is 53.6 Å². The Labute approximate surface area is 179 Å². The lowest BCUT2D eigenvalue weighted by Crippen LogP contribution is -2.04. The Balaban J connectivity index is 1.86. The van der Waals surface area contributed by atoms with Gasteiger partial charge >= 0.3 is 0 Å². The first kappa shape index (κ1) is 22.4. The molecule has 2 aromatic rings. The van der Waals surface area contributed by atoms with E-state index in [4.69, 9.17) is 39.5 Å². The van der Waals surface area contributed by atoms with Crippen molar-refractivity contribution in [1.82, 2.24) is 0 Å². The van der Waals surface area contributed by atoms with Crippen molar-refractivity contribution in [3.05, 3.63) is 53.1 Å². The van der Waals surface area contributed by atoms with Gasteiger partial charge in [-0.25, -0.2) is 0 Å². The van der Waals surface area contributed by atoms with Crippen LogP contribution in [-0.2, 0) is 0 Å². The normalized spacial score (nSPS) is 12.6. The Morgan fingerprint density at radius 3 is 2.15 bits per heavy atom. The fourth-order valence-corrected chi connectivity index (χ4v) is 3.73. The third kappa shape index (κ3) is 7.56. The molecule has 0 spiro atoms. The summed E-state index contributed by atoms with van der Waals surface area (Å²) in [5, 5.41) is 0.580. The lowest BCUT2D eigenvalue weighted by molar-refractivity contribution is 0.276. The van der Waals surface area contributed by atoms with Crippen LogP contribution in [-0.4, -0.2) is 6.61 Å². The molecule has 0 saturated heterocycles. The maximum absolute atomic E-state index is 6.14. The van der Waals surface area contributed by atoms with Crippen molar-refractivity contribution in [2.75, 3.05) is 6.61 Å². The molecule has 0 N–H and O–H groups in total. The molecule has 27 heavy (non-hydrogen) atoms. The molecule has 0 radical (unpaired) electrons. The molecule has 2 aromatic carbocycles. The van der Waals surface area contributed by atoms with Crippen LogP contribution in [0.25, 0.3) is 11.1 Å². The smallest absolute Gasteiger partial charge is 0.134 e. The number of hydrogen-bond donors (Lipinski definition) is 0. The first-order chi connectivity index (χ1) is 12.9. The summed E-state index contributed by atoms with van der Waals surface area (Å²) in [5.74, 6) is 2.40. The molecule has 2 rings (SSSR count). The van der Waals surface area contributed by atoms with Crippen molar-refractivity contribution in [1.29, 1.82) is 0 Å². The predicted molar refractivity (Wildman–Crippen MR) is 119 cm³/mol. The number of halogens is 3. The predicted octanol–water partition coefficient (Wildman–Crippen LogP) is 8.71. The van der Waals surface area contributed by atoms with E-state index in [0.29, 0.717) is 10.9 Å². The lowest BCUT2D eigenvalue weighted by Gasteiger charge is -2.13. The Morgan fingerprint density at radius 2 is 1.52 bits per heavy atom. The van der Waals surface area contributed by atoms with Crippen molar-refractivity contribution in [3.63, 3.8) is 0 Å². The van der Waals surface area contributed by atoms with E-state index in [1.54, 1.807) is 0 Å². The topological polar surface area (TPSA) is 9.23 Å². The summed E-state index contributed by atoms with van der Waals surface area (Å²) < 4.78 is 5.91. The van der Waals surface area contributed by atoms with Crippen LogP contribution in [0.3, 0.4) is 0 Å². The van der Waals surface area contributed by atoms with Crippen LogP contribution in [0.2, 0.25) is 5.02 Å². The summed E-state index contributed by atoms with van der Waals surface area (Å²) in [6.07, 6.45) is 4.99. The molecule has 0 bridgehead atoms. The summed E-state index contributed by atoms with van der Waals surface area (Å²) in [4.78, 5) is -0.636. The minimum atomic E-state index is -0.636. The van der Waals surface area contributed by atoms with Crippen molar-refractivity contribution < 1.29 is 4.74 Å². The highest BCUT2D eigenvalue weighted by Gasteiger charge is 2.10. The van der Waals surface area contributed by atoms with Gasteiger partial charge in [0.15, 0.2) is 0 Å². The van der Waals surface area contributed by atoms with E-state index in [1.165, 1.54) is 19.3 Å². The standard InChI is InChI=1S/C23H29Cl3O/c1-16(2)5-4-6-17(3)13-14-27-20-10-7-18(8-11-20)19-9-12-22(24)21(15-19)23(25)26/h7-12,15-17,23H,4-6,13-14H2,1-3H3. The van der Waals surface area contributed by atoms with E-state index >= 15 is 0 Å². The van der Waals surface area contributed by atoms with Crippen LogP contribution in [0.5, 0.6) is 5.75 Å². The van der Waals surface area contributed by atoms with Crippen LogP contribution in [0, 0.1) is 11.8 Å². The Bertz CT molecular complexity index is 695. The zero-order valence-electron chi connectivity index (χ0n) is 16.4. The van der Waals surface area contributed by atoms with Gasteiger partial charge in [-0.1, -0.05) is 69.8 Å². The number of benzene rings is 2. The summed E-state index contributed by atoms with van der Waals surface area (Å²) >= 11 is 18.1. The third-order valence-corrected chi connectivity index (χ3v) is 5.59. The number of alkyl halides is 2. The molecule has 1 atom stereocenters. The molecule has 0 aliphatic heterocycles. The molecule has 0 aromatic heterocycles. The van der Waals surface area contributed by atoms with E-state index in [9.17, 15) is 0 Å². The Morgan fingerprint density at radius 1 is 0.852 bits per heavy atom. The van der Waals surface area contributed by atoms with Crippen LogP contribution < -0.4 is 4.74 Å². The lowest BCUT2D eigenvalue weighted by atomic mass is 9.98. The van der Waals surface area contributed by atoms with Gasteiger partial charge in [-0.2, -0.15) is 0 Å². The first-order valence-corrected chi connectivity index (χ1v) is 10.9. The molecule has 0 aliphatic carbocycles. The molecule has 0 amide bonds. The van der Waals surface area contributed by atoms with Gasteiger partial charge in [0.25, 0.3) is 0 Å². The van der Waals surface area contributed by atoms with Gasteiger partial charge in [-0.15, -0.1) is 23.2 Å². The minimum absolute atomic E-state index is 0.580. The van der Waals surface area contributed by atoms with Crippen LogP contribution in [0.15, 0.2) is 42.5 Å². The van der Waals surface area contributed by atoms with E-state index < -0.39 is 4.84 Å². The number of ether oxygens (including phenoxy) is 1. The van der Waals surface area contributed by atoms with E-state index in [2.05, 4.69) is 20.8 Å². The fraction of sp³-hybridized carbons (Fsp3) is 0.478. The SMILES string of the molecule is CC(C)CCCC(C)CCOc1ccc(-c2ccc(Cl)c(C(Cl)Cl)c2)cc1. The summed E-state index contributed by atoms with van der Waals surface area (Å²) in [7, 11) is 0. The highest BCUT2D eigenvalue weighted by Crippen LogP contribution is 2.34. The zero-order valence-corrected chi connectivity index (χ0v) is 18.6. The molecule has 1 unspecified atom stereocenters. The van der Waals surface area contributed by atoms with Gasteiger partial charge in [-0.3, -0.25) is 0 Å². The summed E-state index contributed by atoms with van der Waals surface area (Å²) in [6, 6.07) is 13.8. The second-order valence-corrected chi connectivity index (χ2v) is 9.13. The van der Waals surface area contributed by atoms with Gasteiger partial charge < -0.3 is 4.74 Å². The van der Waals surface area contributed by atoms with Crippen molar-refractivity contribution in [3.8, 4) is 16.9 Å². The van der Waals surface area contributed by atoms with Crippen molar-refractivity contribution >= 4 is 34.8 Å². The number of rotatable bonds is 10. The molecule has 1 nitrogen and oxygen atoms in total. The summed E-state index contributed by atoms with van der Waals surface area (Å²) in [6.45, 7) is 7.64. The number of hydrogen-bond acceptors (Lipinski definition) is 1. The van der Waals surface area contributed by atoms with Crippen molar-refractivity contribution in [2.45, 2.75) is 51.3 Å². The Kier molecular flexibility index (Phi) is 9.29. The van der Waals surface area contributed by atoms with Gasteiger partial charge in [0, 0.05) is 10.6 Å². The third-order valence-electron chi connectivity index (χ3n) is 4.78. The molecule has 4 heteroatoms. The highest BCUT2D eigenvalue weighted by molar-refractivity contribution is 6.45. The zero-order chi connectivity index (χ0) is 19.8. The average molecular weight is 428 g/mol. The largest absolute Gasteiger partial charge is 0.494 e. The molecule has 0 heterocycles. The fourth-order valence-electron chi connectivity index (χ4n) is 3.03. The molecular formula is C23H29Cl3O. The van der Waals surface area contributed by atoms with E-state index in [0.717, 1.165) is 41.4 Å². The molecular weight excluding hydrogens is 399 g/mol. The van der Waals surface area contributed by atoms with E-state index in [-0.39, 0.29) is 0 Å². The molecule has 0 aliphatic rings. The van der Waals surface area contributed by atoms with Crippen LogP contribution in [0.1, 0.15) is 56.9 Å². The maximum atomic E-state index is 6.14. The van der Waals surface area contributed by atoms with Gasteiger partial charge in [0.2, 0.25) is 0 Å². The second-order valence-electron chi connectivity index (χ2n) is 7.63. The maximum Gasteiger partial charge on any atom is 0.134 e. The summed E-state index contributed by atoms with van der Waals surface area (Å²) in [5.41, 5.74) is 2.84. The quantitative estimate of drug-likeness (QED) is 0.344. The molecule has 148 valence electrons. The molecule has 0 saturated carbocycles. The monoisotopic (exact) mass is 426 g/mol. The second kappa shape index (κ2) is 11.2.